The number of carbonyl (C=O) groups excluding carboxylic acids is 1. The maximum absolute atomic E-state index is 13.6. The van der Waals surface area contributed by atoms with E-state index in [4.69, 9.17) is 4.98 Å². The molecule has 0 unspecified atom stereocenters. The minimum Gasteiger partial charge on any atom is -0.354 e. The Morgan fingerprint density at radius 1 is 0.938 bits per heavy atom. The molecule has 3 aliphatic rings. The quantitative estimate of drug-likeness (QED) is 0.619. The number of nitrogens with zero attached hydrogens (tertiary/aromatic N) is 6. The number of aromatic nitrogens is 4. The monoisotopic (exact) mass is 430 g/mol. The van der Waals surface area contributed by atoms with Gasteiger partial charge in [0.2, 0.25) is 5.91 Å². The normalized spacial score (nSPS) is 21.2. The lowest BCUT2D eigenvalue weighted by molar-refractivity contribution is -0.122. The molecular weight excluding hydrogens is 400 g/mol. The number of anilines is 2. The van der Waals surface area contributed by atoms with Crippen molar-refractivity contribution in [3.05, 3.63) is 42.0 Å². The molecule has 32 heavy (non-hydrogen) atoms. The van der Waals surface area contributed by atoms with Crippen molar-refractivity contribution in [2.75, 3.05) is 29.4 Å². The molecule has 1 fully saturated rings. The Morgan fingerprint density at radius 3 is 2.84 bits per heavy atom. The van der Waals surface area contributed by atoms with Crippen LogP contribution >= 0.6 is 0 Å². The summed E-state index contributed by atoms with van der Waals surface area (Å²) in [7, 11) is 0. The summed E-state index contributed by atoms with van der Waals surface area (Å²) in [5.74, 6) is 2.27. The van der Waals surface area contributed by atoms with Gasteiger partial charge in [-0.1, -0.05) is 24.6 Å². The second-order valence-electron chi connectivity index (χ2n) is 9.37. The maximum Gasteiger partial charge on any atom is 0.231 e. The minimum absolute atomic E-state index is 0.0136. The molecule has 1 amide bonds. The molecule has 5 heterocycles. The second kappa shape index (κ2) is 8.19. The Balaban J connectivity index is 1.28. The second-order valence-corrected chi connectivity index (χ2v) is 9.37. The predicted octanol–water partition coefficient (Wildman–Crippen LogP) is 3.75. The van der Waals surface area contributed by atoms with Crippen molar-refractivity contribution in [3.63, 3.8) is 0 Å². The Hall–Kier alpha value is -2.96. The highest BCUT2D eigenvalue weighted by molar-refractivity contribution is 5.97. The molecule has 0 radical (unpaired) electrons. The van der Waals surface area contributed by atoms with E-state index in [2.05, 4.69) is 37.6 Å². The van der Waals surface area contributed by atoms with Crippen LogP contribution in [0.5, 0.6) is 0 Å². The third-order valence-corrected chi connectivity index (χ3v) is 7.32. The summed E-state index contributed by atoms with van der Waals surface area (Å²) in [4.78, 5) is 32.1. The molecule has 1 aromatic carbocycles. The predicted molar refractivity (Wildman–Crippen MR) is 125 cm³/mol. The van der Waals surface area contributed by atoms with Gasteiger partial charge in [-0.15, -0.1) is 0 Å². The first kappa shape index (κ1) is 19.7. The maximum atomic E-state index is 13.6. The van der Waals surface area contributed by atoms with Crippen LogP contribution in [-0.2, 0) is 24.2 Å². The molecule has 166 valence electrons. The molecule has 3 aliphatic heterocycles. The van der Waals surface area contributed by atoms with Crippen LogP contribution in [0.1, 0.15) is 49.9 Å². The van der Waals surface area contributed by atoms with Crippen molar-refractivity contribution in [1.29, 1.82) is 0 Å². The van der Waals surface area contributed by atoms with Gasteiger partial charge >= 0.3 is 0 Å². The van der Waals surface area contributed by atoms with Crippen LogP contribution in [-0.4, -0.2) is 45.1 Å². The summed E-state index contributed by atoms with van der Waals surface area (Å²) in [6.45, 7) is 3.41. The number of para-hydroxylation sites is 1. The highest BCUT2D eigenvalue weighted by atomic mass is 16.2. The Morgan fingerprint density at radius 2 is 1.88 bits per heavy atom. The Kier molecular flexibility index (Phi) is 5.04. The molecule has 0 bridgehead atoms. The van der Waals surface area contributed by atoms with E-state index in [1.165, 1.54) is 24.8 Å². The highest BCUT2D eigenvalue weighted by Gasteiger charge is 2.33. The van der Waals surface area contributed by atoms with Crippen molar-refractivity contribution >= 4 is 28.6 Å². The molecule has 3 aromatic rings. The third-order valence-electron chi connectivity index (χ3n) is 7.32. The largest absolute Gasteiger partial charge is 0.354 e. The lowest BCUT2D eigenvalue weighted by atomic mass is 9.94. The van der Waals surface area contributed by atoms with E-state index in [0.29, 0.717) is 6.54 Å². The fourth-order valence-corrected chi connectivity index (χ4v) is 5.71. The number of imidazole rings is 1. The summed E-state index contributed by atoms with van der Waals surface area (Å²) in [6.07, 6.45) is 10.3. The molecule has 6 rings (SSSR count). The molecule has 1 saturated heterocycles. The van der Waals surface area contributed by atoms with E-state index in [9.17, 15) is 4.79 Å². The van der Waals surface area contributed by atoms with Gasteiger partial charge in [-0.05, 0) is 50.2 Å². The van der Waals surface area contributed by atoms with Crippen LogP contribution in [0.25, 0.3) is 11.2 Å². The standard InChI is InChI=1S/C25H30N6O/c32-25(30-15-7-9-18-8-3-4-11-20(18)30)19-10-6-13-29(16-19)23-22-24(27-17-26-23)31-14-5-1-2-12-21(31)28-22/h3-4,8,11,17,19H,1-2,5-7,9-10,12-16H2/t19-/m0/s1. The first-order valence-electron chi connectivity index (χ1n) is 12.1. The van der Waals surface area contributed by atoms with Crippen LogP contribution in [0.15, 0.2) is 30.6 Å². The van der Waals surface area contributed by atoms with Crippen molar-refractivity contribution in [3.8, 4) is 0 Å². The number of hydrogen-bond acceptors (Lipinski definition) is 5. The number of benzene rings is 1. The third kappa shape index (κ3) is 3.34. The molecule has 7 heteroatoms. The van der Waals surface area contributed by atoms with Gasteiger partial charge in [0.25, 0.3) is 0 Å². The lowest BCUT2D eigenvalue weighted by Crippen LogP contribution is -2.46. The zero-order valence-electron chi connectivity index (χ0n) is 18.5. The summed E-state index contributed by atoms with van der Waals surface area (Å²) in [5.41, 5.74) is 4.24. The van der Waals surface area contributed by atoms with E-state index in [-0.39, 0.29) is 11.8 Å². The highest BCUT2D eigenvalue weighted by Crippen LogP contribution is 2.32. The first-order valence-corrected chi connectivity index (χ1v) is 12.1. The van der Waals surface area contributed by atoms with Crippen LogP contribution in [0.4, 0.5) is 11.5 Å². The fourth-order valence-electron chi connectivity index (χ4n) is 5.71. The van der Waals surface area contributed by atoms with E-state index >= 15 is 0 Å². The van der Waals surface area contributed by atoms with Crippen LogP contribution in [0.3, 0.4) is 0 Å². The van der Waals surface area contributed by atoms with Crippen LogP contribution < -0.4 is 9.80 Å². The zero-order valence-corrected chi connectivity index (χ0v) is 18.5. The van der Waals surface area contributed by atoms with E-state index in [0.717, 1.165) is 80.2 Å². The van der Waals surface area contributed by atoms with Gasteiger partial charge in [0.15, 0.2) is 17.0 Å². The van der Waals surface area contributed by atoms with Gasteiger partial charge in [-0.25, -0.2) is 15.0 Å². The smallest absolute Gasteiger partial charge is 0.231 e. The molecular formula is C25H30N6O. The molecule has 1 atom stereocenters. The fraction of sp³-hybridized carbons (Fsp3) is 0.520. The van der Waals surface area contributed by atoms with Crippen molar-refractivity contribution in [1.82, 2.24) is 19.5 Å². The van der Waals surface area contributed by atoms with Gasteiger partial charge < -0.3 is 14.4 Å². The van der Waals surface area contributed by atoms with E-state index < -0.39 is 0 Å². The number of amides is 1. The Labute approximate surface area is 188 Å². The van der Waals surface area contributed by atoms with Gasteiger partial charge in [-0.2, -0.15) is 0 Å². The Bertz CT molecular complexity index is 1150. The van der Waals surface area contributed by atoms with Crippen molar-refractivity contribution in [2.45, 2.75) is 57.9 Å². The molecule has 0 saturated carbocycles. The number of fused-ring (bicyclic) bond motifs is 4. The summed E-state index contributed by atoms with van der Waals surface area (Å²) in [5, 5.41) is 0. The average Bonchev–Trinajstić information content (AvgIpc) is 3.04. The first-order chi connectivity index (χ1) is 15.8. The van der Waals surface area contributed by atoms with Crippen LogP contribution in [0, 0.1) is 5.92 Å². The molecule has 0 spiro atoms. The molecule has 2 aromatic heterocycles. The van der Waals surface area contributed by atoms with Crippen LogP contribution in [0.2, 0.25) is 0 Å². The van der Waals surface area contributed by atoms with E-state index in [1.807, 2.05) is 11.0 Å². The number of carbonyl (C=O) groups is 1. The number of piperidine rings is 1. The topological polar surface area (TPSA) is 67.2 Å². The van der Waals surface area contributed by atoms with Gasteiger partial charge in [0, 0.05) is 38.3 Å². The average molecular weight is 431 g/mol. The zero-order chi connectivity index (χ0) is 21.5. The number of hydrogen-bond donors (Lipinski definition) is 0. The van der Waals surface area contributed by atoms with Gasteiger partial charge in [0.05, 0.1) is 5.92 Å². The van der Waals surface area contributed by atoms with Crippen molar-refractivity contribution < 1.29 is 4.79 Å². The molecule has 0 N–H and O–H groups in total. The molecule has 7 nitrogen and oxygen atoms in total. The van der Waals surface area contributed by atoms with Gasteiger partial charge in [-0.3, -0.25) is 4.79 Å². The lowest BCUT2D eigenvalue weighted by Gasteiger charge is -2.37. The summed E-state index contributed by atoms with van der Waals surface area (Å²) >= 11 is 0. The van der Waals surface area contributed by atoms with E-state index in [1.54, 1.807) is 6.33 Å². The number of rotatable bonds is 2. The van der Waals surface area contributed by atoms with Gasteiger partial charge in [0.1, 0.15) is 12.2 Å². The summed E-state index contributed by atoms with van der Waals surface area (Å²) in [6, 6.07) is 8.36. The number of aryl methyl sites for hydroxylation is 3. The summed E-state index contributed by atoms with van der Waals surface area (Å²) < 4.78 is 2.28. The minimum atomic E-state index is -0.0136. The SMILES string of the molecule is O=C([C@H]1CCCN(c2ncnc3c2nc2n3CCCCC2)C1)N1CCCc2ccccc21. The van der Waals surface area contributed by atoms with Crippen molar-refractivity contribution in [2.24, 2.45) is 5.92 Å². The molecule has 0 aliphatic carbocycles.